The minimum atomic E-state index is -0.750. The van der Waals surface area contributed by atoms with E-state index in [9.17, 15) is 4.39 Å². The Morgan fingerprint density at radius 2 is 1.83 bits per heavy atom. The summed E-state index contributed by atoms with van der Waals surface area (Å²) in [5, 5.41) is 22.5. The lowest BCUT2D eigenvalue weighted by molar-refractivity contribution is 0.448. The van der Waals surface area contributed by atoms with E-state index in [2.05, 4.69) is 0 Å². The Hall–Kier alpha value is -1.38. The van der Waals surface area contributed by atoms with Crippen molar-refractivity contribution < 1.29 is 14.4 Å². The Kier molecular flexibility index (Phi) is 5.62. The van der Waals surface area contributed by atoms with Gasteiger partial charge in [0.15, 0.2) is 0 Å². The van der Waals surface area contributed by atoms with E-state index in [0.717, 1.165) is 0 Å². The van der Waals surface area contributed by atoms with Crippen LogP contribution in [0.5, 0.6) is 0 Å². The van der Waals surface area contributed by atoms with Crippen molar-refractivity contribution in [3.8, 4) is 6.07 Å². The molecule has 0 aliphatic heterocycles. The maximum absolute atomic E-state index is 12.4. The van der Waals surface area contributed by atoms with Crippen LogP contribution in [0.15, 0.2) is 24.3 Å². The van der Waals surface area contributed by atoms with Crippen LogP contribution in [-0.2, 0) is 0 Å². The molecule has 0 amide bonds. The highest BCUT2D eigenvalue weighted by Gasteiger charge is 1.94. The number of halogens is 1. The Balaban J connectivity index is 0.000000354. The number of benzene rings is 1. The van der Waals surface area contributed by atoms with Crippen LogP contribution in [0.4, 0.5) is 4.39 Å². The monoisotopic (exact) mass is 167 g/mol. The molecular weight excluding hydrogens is 160 g/mol. The molecule has 1 aromatic carbocycles. The Labute approximate surface area is 70.0 Å². The predicted octanol–water partition coefficient (Wildman–Crippen LogP) is -0.0651. The van der Waals surface area contributed by atoms with Gasteiger partial charge in [-0.25, -0.2) is 4.39 Å². The zero-order valence-electron chi connectivity index (χ0n) is 6.24. The molecule has 5 heteroatoms. The lowest BCUT2D eigenvalue weighted by Gasteiger charge is -1.86. The molecule has 3 nitrogen and oxygen atoms in total. The van der Waals surface area contributed by atoms with E-state index in [0.29, 0.717) is 0 Å². The molecule has 0 spiro atoms. The lowest BCUT2D eigenvalue weighted by atomic mass is 10.2. The van der Waals surface area contributed by atoms with Crippen molar-refractivity contribution in [2.75, 3.05) is 0 Å². The first-order valence-corrected chi connectivity index (χ1v) is 3.12. The van der Waals surface area contributed by atoms with E-state index >= 15 is 0 Å². The van der Waals surface area contributed by atoms with Gasteiger partial charge in [-0.05, 0) is 12.1 Å². The highest BCUT2D eigenvalue weighted by atomic mass is 19.1. The van der Waals surface area contributed by atoms with Crippen LogP contribution < -0.4 is 0 Å². The molecule has 0 saturated carbocycles. The molecule has 0 aliphatic carbocycles. The number of hydrogen-bond acceptors (Lipinski definition) is 3. The first kappa shape index (κ1) is 10.6. The van der Waals surface area contributed by atoms with Gasteiger partial charge < -0.3 is 10.0 Å². The SMILES string of the molecule is N#Cc1ccccc1F.OBO. The van der Waals surface area contributed by atoms with Gasteiger partial charge in [0.25, 0.3) is 0 Å². The molecule has 1 rings (SSSR count). The van der Waals surface area contributed by atoms with E-state index in [1.165, 1.54) is 12.1 Å². The van der Waals surface area contributed by atoms with Gasteiger partial charge in [0.2, 0.25) is 0 Å². The molecule has 0 bridgehead atoms. The lowest BCUT2D eigenvalue weighted by Crippen LogP contribution is -1.78. The van der Waals surface area contributed by atoms with Crippen molar-refractivity contribution in [1.29, 1.82) is 5.26 Å². The van der Waals surface area contributed by atoms with Crippen LogP contribution in [0, 0.1) is 17.1 Å². The Bertz CT molecular complexity index is 274. The van der Waals surface area contributed by atoms with Crippen molar-refractivity contribution >= 4 is 7.69 Å². The molecule has 0 heterocycles. The van der Waals surface area contributed by atoms with Crippen molar-refractivity contribution in [2.24, 2.45) is 0 Å². The Morgan fingerprint density at radius 1 is 1.33 bits per heavy atom. The van der Waals surface area contributed by atoms with Gasteiger partial charge in [-0.3, -0.25) is 0 Å². The second-order valence-corrected chi connectivity index (χ2v) is 1.73. The molecule has 0 atom stereocenters. The molecule has 0 aromatic heterocycles. The fraction of sp³-hybridized carbons (Fsp3) is 0. The highest BCUT2D eigenvalue weighted by Crippen LogP contribution is 2.02. The van der Waals surface area contributed by atoms with Crippen LogP contribution in [0.2, 0.25) is 0 Å². The highest BCUT2D eigenvalue weighted by molar-refractivity contribution is 6.13. The third-order valence-corrected chi connectivity index (χ3v) is 0.994. The number of rotatable bonds is 0. The molecule has 12 heavy (non-hydrogen) atoms. The molecule has 0 unspecified atom stereocenters. The van der Waals surface area contributed by atoms with Crippen molar-refractivity contribution in [3.05, 3.63) is 35.6 Å². The van der Waals surface area contributed by atoms with Crippen LogP contribution in [0.25, 0.3) is 0 Å². The van der Waals surface area contributed by atoms with E-state index in [1.807, 2.05) is 0 Å². The number of hydrogen-bond donors (Lipinski definition) is 2. The van der Waals surface area contributed by atoms with Gasteiger partial charge in [0.05, 0.1) is 5.56 Å². The zero-order valence-corrected chi connectivity index (χ0v) is 6.24. The summed E-state index contributed by atoms with van der Waals surface area (Å²) >= 11 is 0. The fourth-order valence-electron chi connectivity index (χ4n) is 0.552. The van der Waals surface area contributed by atoms with E-state index in [1.54, 1.807) is 18.2 Å². The zero-order chi connectivity index (χ0) is 9.40. The summed E-state index contributed by atoms with van der Waals surface area (Å²) in [5.41, 5.74) is 0.0949. The summed E-state index contributed by atoms with van der Waals surface area (Å²) in [7, 11) is -0.750. The summed E-state index contributed by atoms with van der Waals surface area (Å²) < 4.78 is 12.4. The second kappa shape index (κ2) is 6.34. The molecule has 2 N–H and O–H groups in total. The molecule has 0 fully saturated rings. The van der Waals surface area contributed by atoms with Gasteiger partial charge in [-0.2, -0.15) is 5.26 Å². The minimum Gasteiger partial charge on any atom is -0.430 e. The van der Waals surface area contributed by atoms with Crippen molar-refractivity contribution in [2.45, 2.75) is 0 Å². The van der Waals surface area contributed by atoms with E-state index < -0.39 is 13.5 Å². The van der Waals surface area contributed by atoms with Gasteiger partial charge in [-0.15, -0.1) is 0 Å². The Morgan fingerprint density at radius 3 is 2.17 bits per heavy atom. The van der Waals surface area contributed by atoms with Gasteiger partial charge in [0.1, 0.15) is 11.9 Å². The van der Waals surface area contributed by atoms with E-state index in [4.69, 9.17) is 15.3 Å². The molecule has 0 radical (unpaired) electrons. The van der Waals surface area contributed by atoms with Gasteiger partial charge >= 0.3 is 7.69 Å². The third-order valence-electron chi connectivity index (χ3n) is 0.994. The summed E-state index contributed by atoms with van der Waals surface area (Å²) in [5.74, 6) is -0.458. The third kappa shape index (κ3) is 3.71. The normalized spacial score (nSPS) is 7.50. The summed E-state index contributed by atoms with van der Waals surface area (Å²) in [6.07, 6.45) is 0. The van der Waals surface area contributed by atoms with Crippen LogP contribution in [0.3, 0.4) is 0 Å². The summed E-state index contributed by atoms with van der Waals surface area (Å²) in [4.78, 5) is 0. The predicted molar refractivity (Wildman–Crippen MR) is 42.7 cm³/mol. The standard InChI is InChI=1S/C7H4FN.BH3O2/c8-7-4-2-1-3-6(7)5-9;2-1-3/h1-4H;1-3H. The maximum atomic E-state index is 12.4. The largest absolute Gasteiger partial charge is 0.432 e. The fourth-order valence-corrected chi connectivity index (χ4v) is 0.552. The number of nitriles is 1. The quantitative estimate of drug-likeness (QED) is 0.531. The van der Waals surface area contributed by atoms with Crippen LogP contribution in [-0.4, -0.2) is 17.7 Å². The van der Waals surface area contributed by atoms with E-state index in [-0.39, 0.29) is 5.56 Å². The second-order valence-electron chi connectivity index (χ2n) is 1.73. The smallest absolute Gasteiger partial charge is 0.430 e. The molecular formula is C7H7BFNO2. The van der Waals surface area contributed by atoms with Crippen LogP contribution >= 0.6 is 0 Å². The summed E-state index contributed by atoms with van der Waals surface area (Å²) in [6.45, 7) is 0. The maximum Gasteiger partial charge on any atom is 0.432 e. The molecule has 1 aromatic rings. The van der Waals surface area contributed by atoms with Crippen molar-refractivity contribution in [3.63, 3.8) is 0 Å². The molecule has 62 valence electrons. The van der Waals surface area contributed by atoms with Crippen molar-refractivity contribution in [1.82, 2.24) is 0 Å². The van der Waals surface area contributed by atoms with Crippen LogP contribution in [0.1, 0.15) is 5.56 Å². The minimum absolute atomic E-state index is 0.0949. The number of nitrogens with zero attached hydrogens (tertiary/aromatic N) is 1. The molecule has 0 saturated heterocycles. The molecule has 0 aliphatic rings. The topological polar surface area (TPSA) is 64.2 Å². The average molecular weight is 167 g/mol. The van der Waals surface area contributed by atoms with Gasteiger partial charge in [-0.1, -0.05) is 12.1 Å². The summed E-state index contributed by atoms with van der Waals surface area (Å²) in [6, 6.07) is 7.60. The van der Waals surface area contributed by atoms with Gasteiger partial charge in [0, 0.05) is 0 Å². The first-order chi connectivity index (χ1) is 5.76. The average Bonchev–Trinajstić information content (AvgIpc) is 2.07. The first-order valence-electron chi connectivity index (χ1n) is 3.12.